The van der Waals surface area contributed by atoms with Gasteiger partial charge < -0.3 is 0 Å². The molecule has 2 aromatic rings. The third kappa shape index (κ3) is 3.48. The minimum atomic E-state index is -0.654. The van der Waals surface area contributed by atoms with Crippen molar-refractivity contribution in [1.82, 2.24) is 5.43 Å². The zero-order valence-electron chi connectivity index (χ0n) is 11.6. The molecule has 0 heterocycles. The molecule has 22 heavy (non-hydrogen) atoms. The number of carbonyl (C=O) groups excluding carboxylic acids is 1. The molecule has 2 rings (SSSR count). The Hall–Kier alpha value is -2.73. The molecule has 1 amide bonds. The quantitative estimate of drug-likeness (QED) is 0.533. The number of benzene rings is 2. The van der Waals surface area contributed by atoms with E-state index in [2.05, 4.69) is 10.5 Å². The van der Waals surface area contributed by atoms with Crippen LogP contribution in [0, 0.1) is 10.1 Å². The third-order valence-electron chi connectivity index (χ3n) is 2.93. The first kappa shape index (κ1) is 15.7. The van der Waals surface area contributed by atoms with Crippen LogP contribution in [0.5, 0.6) is 0 Å². The van der Waals surface area contributed by atoms with Gasteiger partial charge in [-0.05, 0) is 19.1 Å². The van der Waals surface area contributed by atoms with Crippen molar-refractivity contribution in [2.45, 2.75) is 6.92 Å². The van der Waals surface area contributed by atoms with Crippen LogP contribution in [0.3, 0.4) is 0 Å². The number of nitrogens with zero attached hydrogens (tertiary/aromatic N) is 2. The van der Waals surface area contributed by atoms with Crippen molar-refractivity contribution in [1.29, 1.82) is 0 Å². The van der Waals surface area contributed by atoms with Gasteiger partial charge in [0.1, 0.15) is 5.56 Å². The summed E-state index contributed by atoms with van der Waals surface area (Å²) in [6, 6.07) is 12.7. The summed E-state index contributed by atoms with van der Waals surface area (Å²) in [7, 11) is 0. The van der Waals surface area contributed by atoms with Crippen molar-refractivity contribution >= 4 is 28.9 Å². The molecular formula is C15H12ClN3O3. The first-order chi connectivity index (χ1) is 10.5. The Kier molecular flexibility index (Phi) is 4.85. The fourth-order valence-corrected chi connectivity index (χ4v) is 2.11. The van der Waals surface area contributed by atoms with Gasteiger partial charge in [0.15, 0.2) is 0 Å². The van der Waals surface area contributed by atoms with E-state index in [0.717, 1.165) is 0 Å². The number of hydrogen-bond acceptors (Lipinski definition) is 4. The molecule has 0 aliphatic carbocycles. The fourth-order valence-electron chi connectivity index (χ4n) is 1.83. The number of hydrogen-bond donors (Lipinski definition) is 1. The maximum atomic E-state index is 12.0. The van der Waals surface area contributed by atoms with Gasteiger partial charge in [-0.15, -0.1) is 0 Å². The van der Waals surface area contributed by atoms with Gasteiger partial charge in [-0.2, -0.15) is 5.10 Å². The summed E-state index contributed by atoms with van der Waals surface area (Å²) in [5.41, 5.74) is 3.15. The second-order valence-electron chi connectivity index (χ2n) is 4.39. The standard InChI is InChI=1S/C15H12ClN3O3/c1-10(11-6-2-4-8-13(11)16)17-18-15(20)12-7-3-5-9-14(12)19(21)22/h2-9H,1H3,(H,18,20). The molecule has 0 saturated carbocycles. The fraction of sp³-hybridized carbons (Fsp3) is 0.0667. The molecule has 0 aliphatic rings. The van der Waals surface area contributed by atoms with Gasteiger partial charge in [0, 0.05) is 16.7 Å². The van der Waals surface area contributed by atoms with Crippen molar-refractivity contribution in [3.63, 3.8) is 0 Å². The summed E-state index contributed by atoms with van der Waals surface area (Å²) < 4.78 is 0. The first-order valence-corrected chi connectivity index (χ1v) is 6.71. The zero-order valence-corrected chi connectivity index (χ0v) is 12.4. The van der Waals surface area contributed by atoms with Gasteiger partial charge in [-0.25, -0.2) is 5.43 Å². The number of para-hydroxylation sites is 1. The second kappa shape index (κ2) is 6.82. The van der Waals surface area contributed by atoms with E-state index in [4.69, 9.17) is 11.6 Å². The van der Waals surface area contributed by atoms with E-state index in [1.807, 2.05) is 0 Å². The van der Waals surface area contributed by atoms with Gasteiger partial charge in [-0.3, -0.25) is 14.9 Å². The summed E-state index contributed by atoms with van der Waals surface area (Å²) in [6.07, 6.45) is 0. The largest absolute Gasteiger partial charge is 0.282 e. The molecule has 1 N–H and O–H groups in total. The van der Waals surface area contributed by atoms with Crippen LogP contribution in [0.25, 0.3) is 0 Å². The summed E-state index contributed by atoms with van der Waals surface area (Å²) in [4.78, 5) is 22.3. The van der Waals surface area contributed by atoms with Crippen molar-refractivity contribution < 1.29 is 9.72 Å². The van der Waals surface area contributed by atoms with Crippen LogP contribution in [0.15, 0.2) is 53.6 Å². The lowest BCUT2D eigenvalue weighted by molar-refractivity contribution is -0.385. The van der Waals surface area contributed by atoms with Crippen LogP contribution in [0.1, 0.15) is 22.8 Å². The lowest BCUT2D eigenvalue weighted by Gasteiger charge is -2.05. The topological polar surface area (TPSA) is 84.6 Å². The third-order valence-corrected chi connectivity index (χ3v) is 3.26. The van der Waals surface area contributed by atoms with Gasteiger partial charge >= 0.3 is 0 Å². The molecule has 7 heteroatoms. The first-order valence-electron chi connectivity index (χ1n) is 6.33. The molecule has 0 radical (unpaired) electrons. The number of nitro groups is 1. The summed E-state index contributed by atoms with van der Waals surface area (Å²) >= 11 is 6.04. The number of carbonyl (C=O) groups is 1. The molecular weight excluding hydrogens is 306 g/mol. The smallest absolute Gasteiger partial charge is 0.267 e. The average molecular weight is 318 g/mol. The van der Waals surface area contributed by atoms with Crippen molar-refractivity contribution in [2.75, 3.05) is 0 Å². The van der Waals surface area contributed by atoms with Crippen LogP contribution in [-0.4, -0.2) is 16.5 Å². The lowest BCUT2D eigenvalue weighted by Crippen LogP contribution is -2.20. The van der Waals surface area contributed by atoms with E-state index in [9.17, 15) is 14.9 Å². The Morgan fingerprint density at radius 2 is 1.73 bits per heavy atom. The highest BCUT2D eigenvalue weighted by Gasteiger charge is 2.18. The van der Waals surface area contributed by atoms with Crippen molar-refractivity contribution in [2.24, 2.45) is 5.10 Å². The summed E-state index contributed by atoms with van der Waals surface area (Å²) in [6.45, 7) is 1.68. The van der Waals surface area contributed by atoms with Gasteiger partial charge in [0.25, 0.3) is 11.6 Å². The average Bonchev–Trinajstić information content (AvgIpc) is 2.52. The number of hydrazone groups is 1. The van der Waals surface area contributed by atoms with Crippen molar-refractivity contribution in [3.8, 4) is 0 Å². The SMILES string of the molecule is CC(=NNC(=O)c1ccccc1[N+](=O)[O-])c1ccccc1Cl. The molecule has 6 nitrogen and oxygen atoms in total. The molecule has 112 valence electrons. The monoisotopic (exact) mass is 317 g/mol. The zero-order chi connectivity index (χ0) is 16.1. The Labute approximate surface area is 131 Å². The predicted octanol–water partition coefficient (Wildman–Crippen LogP) is 3.40. The van der Waals surface area contributed by atoms with E-state index >= 15 is 0 Å². The Bertz CT molecular complexity index is 759. The van der Waals surface area contributed by atoms with E-state index in [1.54, 1.807) is 37.3 Å². The molecule has 0 fully saturated rings. The molecule has 0 unspecified atom stereocenters. The molecule has 0 bridgehead atoms. The maximum Gasteiger partial charge on any atom is 0.282 e. The lowest BCUT2D eigenvalue weighted by atomic mass is 10.1. The molecule has 2 aromatic carbocycles. The van der Waals surface area contributed by atoms with E-state index in [-0.39, 0.29) is 11.3 Å². The van der Waals surface area contributed by atoms with Crippen molar-refractivity contribution in [3.05, 3.63) is 74.8 Å². The van der Waals surface area contributed by atoms with Gasteiger partial charge in [0.05, 0.1) is 10.6 Å². The number of nitrogens with one attached hydrogen (secondary N) is 1. The van der Waals surface area contributed by atoms with Crippen LogP contribution in [0.2, 0.25) is 5.02 Å². The second-order valence-corrected chi connectivity index (χ2v) is 4.80. The number of amides is 1. The normalized spacial score (nSPS) is 11.1. The Morgan fingerprint density at radius 1 is 1.14 bits per heavy atom. The molecule has 0 atom stereocenters. The summed E-state index contributed by atoms with van der Waals surface area (Å²) in [5.74, 6) is -0.654. The van der Waals surface area contributed by atoms with E-state index in [0.29, 0.717) is 16.3 Å². The van der Waals surface area contributed by atoms with Crippen LogP contribution in [0.4, 0.5) is 5.69 Å². The highest BCUT2D eigenvalue weighted by molar-refractivity contribution is 6.34. The van der Waals surface area contributed by atoms with Crippen LogP contribution in [-0.2, 0) is 0 Å². The molecule has 0 spiro atoms. The molecule has 0 aliphatic heterocycles. The number of halogens is 1. The Balaban J connectivity index is 2.22. The predicted molar refractivity (Wildman–Crippen MR) is 84.2 cm³/mol. The summed E-state index contributed by atoms with van der Waals surface area (Å²) in [5, 5.41) is 15.3. The maximum absolute atomic E-state index is 12.0. The van der Waals surface area contributed by atoms with Crippen LogP contribution < -0.4 is 5.43 Å². The number of rotatable bonds is 4. The molecule has 0 aromatic heterocycles. The van der Waals surface area contributed by atoms with Gasteiger partial charge in [0.2, 0.25) is 0 Å². The van der Waals surface area contributed by atoms with E-state index in [1.165, 1.54) is 18.2 Å². The minimum absolute atomic E-state index is 0.0526. The highest BCUT2D eigenvalue weighted by Crippen LogP contribution is 2.18. The van der Waals surface area contributed by atoms with Crippen LogP contribution >= 0.6 is 11.6 Å². The van der Waals surface area contributed by atoms with E-state index < -0.39 is 10.8 Å². The number of nitro benzene ring substituents is 1. The molecule has 0 saturated heterocycles. The minimum Gasteiger partial charge on any atom is -0.267 e. The highest BCUT2D eigenvalue weighted by atomic mass is 35.5. The van der Waals surface area contributed by atoms with Gasteiger partial charge in [-0.1, -0.05) is 41.9 Å². The Morgan fingerprint density at radius 3 is 2.36 bits per heavy atom.